The first-order valence-electron chi connectivity index (χ1n) is 4.88. The summed E-state index contributed by atoms with van der Waals surface area (Å²) in [6.07, 6.45) is 0. The zero-order valence-corrected chi connectivity index (χ0v) is 10.6. The molecular formula is C12H15ClO3. The number of carbonyl (C=O) groups excluding carboxylic acids is 1. The van der Waals surface area contributed by atoms with Crippen LogP contribution in [0.5, 0.6) is 5.75 Å². The minimum absolute atomic E-state index is 0.483. The SMILES string of the molecule is COC(=O)C(Cl)c1cc(C)c(C)cc1OC. The number of alkyl halides is 1. The molecule has 0 radical (unpaired) electrons. The standard InChI is InChI=1S/C12H15ClO3/c1-7-5-9(11(13)12(14)16-4)10(15-3)6-8(7)2/h5-6,11H,1-4H3. The Morgan fingerprint density at radius 2 is 1.81 bits per heavy atom. The van der Waals surface area contributed by atoms with Crippen LogP contribution in [0.25, 0.3) is 0 Å². The zero-order chi connectivity index (χ0) is 12.3. The van der Waals surface area contributed by atoms with Gasteiger partial charge >= 0.3 is 5.97 Å². The van der Waals surface area contributed by atoms with Gasteiger partial charge in [0.15, 0.2) is 5.38 Å². The number of ether oxygens (including phenoxy) is 2. The summed E-state index contributed by atoms with van der Waals surface area (Å²) in [5.41, 5.74) is 2.79. The Labute approximate surface area is 100 Å². The van der Waals surface area contributed by atoms with Crippen molar-refractivity contribution in [1.29, 1.82) is 0 Å². The van der Waals surface area contributed by atoms with Gasteiger partial charge in [0.05, 0.1) is 14.2 Å². The fourth-order valence-corrected chi connectivity index (χ4v) is 1.68. The van der Waals surface area contributed by atoms with Crippen LogP contribution in [0.1, 0.15) is 22.1 Å². The molecule has 0 saturated carbocycles. The molecule has 0 fully saturated rings. The zero-order valence-electron chi connectivity index (χ0n) is 9.83. The molecule has 88 valence electrons. The summed E-state index contributed by atoms with van der Waals surface area (Å²) in [6.45, 7) is 3.93. The van der Waals surface area contributed by atoms with E-state index in [1.54, 1.807) is 7.11 Å². The number of halogens is 1. The van der Waals surface area contributed by atoms with Crippen LogP contribution in [0.3, 0.4) is 0 Å². The quantitative estimate of drug-likeness (QED) is 0.604. The van der Waals surface area contributed by atoms with E-state index in [1.807, 2.05) is 26.0 Å². The highest BCUT2D eigenvalue weighted by molar-refractivity contribution is 6.30. The maximum atomic E-state index is 11.4. The number of hydrogen-bond donors (Lipinski definition) is 0. The second-order valence-corrected chi connectivity index (χ2v) is 4.00. The summed E-state index contributed by atoms with van der Waals surface area (Å²) in [6, 6.07) is 3.71. The molecule has 0 aliphatic heterocycles. The van der Waals surface area contributed by atoms with Gasteiger partial charge in [-0.15, -0.1) is 11.6 Å². The Morgan fingerprint density at radius 1 is 1.25 bits per heavy atom. The highest BCUT2D eigenvalue weighted by Gasteiger charge is 2.22. The van der Waals surface area contributed by atoms with Gasteiger partial charge in [-0.25, -0.2) is 0 Å². The second kappa shape index (κ2) is 5.21. The first kappa shape index (κ1) is 12.8. The fraction of sp³-hybridized carbons (Fsp3) is 0.417. The molecule has 1 unspecified atom stereocenters. The number of hydrogen-bond acceptors (Lipinski definition) is 3. The maximum absolute atomic E-state index is 11.4. The van der Waals surface area contributed by atoms with Crippen LogP contribution in [0.2, 0.25) is 0 Å². The Morgan fingerprint density at radius 3 is 2.31 bits per heavy atom. The van der Waals surface area contributed by atoms with Gasteiger partial charge in [-0.1, -0.05) is 6.07 Å². The molecule has 0 aliphatic carbocycles. The Balaban J connectivity index is 3.21. The summed E-state index contributed by atoms with van der Waals surface area (Å²) < 4.78 is 9.81. The maximum Gasteiger partial charge on any atom is 0.328 e. The number of aryl methyl sites for hydroxylation is 2. The van der Waals surface area contributed by atoms with Crippen LogP contribution in [0.4, 0.5) is 0 Å². The van der Waals surface area contributed by atoms with E-state index in [0.29, 0.717) is 11.3 Å². The lowest BCUT2D eigenvalue weighted by atomic mass is 10.0. The van der Waals surface area contributed by atoms with E-state index >= 15 is 0 Å². The highest BCUT2D eigenvalue weighted by Crippen LogP contribution is 2.32. The average molecular weight is 243 g/mol. The molecule has 3 nitrogen and oxygen atoms in total. The number of benzene rings is 1. The van der Waals surface area contributed by atoms with E-state index in [2.05, 4.69) is 4.74 Å². The molecule has 1 rings (SSSR count). The molecule has 0 aliphatic rings. The molecule has 0 bridgehead atoms. The summed E-state index contributed by atoms with van der Waals surface area (Å²) in [5.74, 6) is 0.122. The van der Waals surface area contributed by atoms with Gasteiger partial charge in [0.25, 0.3) is 0 Å². The molecule has 4 heteroatoms. The predicted octanol–water partition coefficient (Wildman–Crippen LogP) is 2.76. The molecular weight excluding hydrogens is 228 g/mol. The van der Waals surface area contributed by atoms with E-state index < -0.39 is 11.3 Å². The van der Waals surface area contributed by atoms with Crippen molar-refractivity contribution in [1.82, 2.24) is 0 Å². The molecule has 0 N–H and O–H groups in total. The highest BCUT2D eigenvalue weighted by atomic mass is 35.5. The van der Waals surface area contributed by atoms with Gasteiger partial charge in [-0.3, -0.25) is 4.79 Å². The molecule has 1 aromatic rings. The largest absolute Gasteiger partial charge is 0.496 e. The topological polar surface area (TPSA) is 35.5 Å². The van der Waals surface area contributed by atoms with Crippen LogP contribution in [-0.2, 0) is 9.53 Å². The molecule has 0 amide bonds. The lowest BCUT2D eigenvalue weighted by molar-refractivity contribution is -0.140. The van der Waals surface area contributed by atoms with Crippen molar-refractivity contribution in [3.05, 3.63) is 28.8 Å². The van der Waals surface area contributed by atoms with E-state index in [-0.39, 0.29) is 0 Å². The van der Waals surface area contributed by atoms with Gasteiger partial charge in [-0.05, 0) is 31.0 Å². The molecule has 1 aromatic carbocycles. The van der Waals surface area contributed by atoms with E-state index in [4.69, 9.17) is 16.3 Å². The second-order valence-electron chi connectivity index (χ2n) is 3.56. The van der Waals surface area contributed by atoms with Crippen molar-refractivity contribution in [2.45, 2.75) is 19.2 Å². The Hall–Kier alpha value is -1.22. The molecule has 0 spiro atoms. The lowest BCUT2D eigenvalue weighted by Gasteiger charge is -2.14. The Kier molecular flexibility index (Phi) is 4.19. The van der Waals surface area contributed by atoms with Crippen molar-refractivity contribution in [3.63, 3.8) is 0 Å². The minimum atomic E-state index is -0.834. The van der Waals surface area contributed by atoms with Gasteiger partial charge in [-0.2, -0.15) is 0 Å². The van der Waals surface area contributed by atoms with Crippen LogP contribution in [0, 0.1) is 13.8 Å². The first-order valence-corrected chi connectivity index (χ1v) is 5.32. The predicted molar refractivity (Wildman–Crippen MR) is 63.1 cm³/mol. The number of carbonyl (C=O) groups is 1. The fourth-order valence-electron chi connectivity index (χ4n) is 1.42. The molecule has 1 atom stereocenters. The van der Waals surface area contributed by atoms with Crippen LogP contribution >= 0.6 is 11.6 Å². The third-order valence-electron chi connectivity index (χ3n) is 2.53. The first-order chi connectivity index (χ1) is 7.51. The van der Waals surface area contributed by atoms with Crippen molar-refractivity contribution in [2.75, 3.05) is 14.2 Å². The Bertz CT molecular complexity index is 401. The van der Waals surface area contributed by atoms with Crippen molar-refractivity contribution in [2.24, 2.45) is 0 Å². The summed E-state index contributed by atoms with van der Waals surface area (Å²) in [4.78, 5) is 11.4. The van der Waals surface area contributed by atoms with E-state index in [9.17, 15) is 4.79 Å². The number of methoxy groups -OCH3 is 2. The van der Waals surface area contributed by atoms with E-state index in [1.165, 1.54) is 7.11 Å². The monoisotopic (exact) mass is 242 g/mol. The van der Waals surface area contributed by atoms with Gasteiger partial charge < -0.3 is 9.47 Å². The number of esters is 1. The summed E-state index contributed by atoms with van der Waals surface area (Å²) in [5, 5.41) is -0.834. The smallest absolute Gasteiger partial charge is 0.328 e. The van der Waals surface area contributed by atoms with Gasteiger partial charge in [0.1, 0.15) is 5.75 Å². The summed E-state index contributed by atoms with van der Waals surface area (Å²) >= 11 is 6.01. The third kappa shape index (κ3) is 2.47. The third-order valence-corrected chi connectivity index (χ3v) is 2.94. The van der Waals surface area contributed by atoms with Gasteiger partial charge in [0, 0.05) is 5.56 Å². The summed E-state index contributed by atoms with van der Waals surface area (Å²) in [7, 11) is 2.86. The molecule has 0 saturated heterocycles. The van der Waals surface area contributed by atoms with Gasteiger partial charge in [0.2, 0.25) is 0 Å². The normalized spacial score (nSPS) is 12.1. The lowest BCUT2D eigenvalue weighted by Crippen LogP contribution is -2.10. The molecule has 0 heterocycles. The van der Waals surface area contributed by atoms with Crippen molar-refractivity contribution in [3.8, 4) is 5.75 Å². The number of rotatable bonds is 3. The minimum Gasteiger partial charge on any atom is -0.496 e. The van der Waals surface area contributed by atoms with Crippen LogP contribution in [-0.4, -0.2) is 20.2 Å². The molecule has 0 aromatic heterocycles. The van der Waals surface area contributed by atoms with E-state index in [0.717, 1.165) is 11.1 Å². The van der Waals surface area contributed by atoms with Crippen LogP contribution in [0.15, 0.2) is 12.1 Å². The average Bonchev–Trinajstić information content (AvgIpc) is 2.30. The molecule has 16 heavy (non-hydrogen) atoms. The van der Waals surface area contributed by atoms with Crippen molar-refractivity contribution < 1.29 is 14.3 Å². The van der Waals surface area contributed by atoms with Crippen molar-refractivity contribution >= 4 is 17.6 Å². The van der Waals surface area contributed by atoms with Crippen LogP contribution < -0.4 is 4.74 Å².